The lowest BCUT2D eigenvalue weighted by Crippen LogP contribution is -2.40. The number of methoxy groups -OCH3 is 1. The normalized spacial score (nSPS) is 18.4. The van der Waals surface area contributed by atoms with Crippen LogP contribution in [0.4, 0.5) is 0 Å². The first kappa shape index (κ1) is 18.9. The molecule has 1 aromatic carbocycles. The van der Waals surface area contributed by atoms with E-state index in [1.807, 2.05) is 19.1 Å². The average Bonchev–Trinajstić information content (AvgIpc) is 3.05. The number of hydrogen-bond acceptors (Lipinski definition) is 5. The van der Waals surface area contributed by atoms with Crippen molar-refractivity contribution in [1.82, 2.24) is 25.0 Å². The Kier molecular flexibility index (Phi) is 6.63. The molecule has 1 saturated heterocycles. The lowest BCUT2D eigenvalue weighted by molar-refractivity contribution is 0.141. The van der Waals surface area contributed by atoms with Crippen LogP contribution in [0.3, 0.4) is 0 Å². The monoisotopic (exact) mass is 357 g/mol. The lowest BCUT2D eigenvalue weighted by atomic mass is 9.97. The van der Waals surface area contributed by atoms with E-state index in [2.05, 4.69) is 44.2 Å². The predicted molar refractivity (Wildman–Crippen MR) is 103 cm³/mol. The summed E-state index contributed by atoms with van der Waals surface area (Å²) in [5, 5.41) is 7.16. The third-order valence-electron chi connectivity index (χ3n) is 5.10. The Morgan fingerprint density at radius 3 is 2.81 bits per heavy atom. The highest BCUT2D eigenvalue weighted by Gasteiger charge is 2.21. The van der Waals surface area contributed by atoms with Gasteiger partial charge in [0.1, 0.15) is 11.6 Å². The SMILES string of the molecule is COc1ccc(CCN2CCCC(CN(C)Cc3n[nH]c(C)n3)C2)cc1. The van der Waals surface area contributed by atoms with E-state index in [-0.39, 0.29) is 0 Å². The molecule has 3 rings (SSSR count). The number of ether oxygens (including phenoxy) is 1. The van der Waals surface area contributed by atoms with Gasteiger partial charge < -0.3 is 9.64 Å². The molecule has 1 atom stereocenters. The summed E-state index contributed by atoms with van der Waals surface area (Å²) >= 11 is 0. The summed E-state index contributed by atoms with van der Waals surface area (Å²) in [6, 6.07) is 8.45. The Balaban J connectivity index is 1.42. The minimum atomic E-state index is 0.727. The highest BCUT2D eigenvalue weighted by molar-refractivity contribution is 5.27. The molecular formula is C20H31N5O. The number of aromatic nitrogens is 3. The zero-order chi connectivity index (χ0) is 18.4. The number of likely N-dealkylation sites (tertiary alicyclic amines) is 1. The molecule has 0 amide bonds. The van der Waals surface area contributed by atoms with Gasteiger partial charge in [-0.2, -0.15) is 5.10 Å². The van der Waals surface area contributed by atoms with Crippen molar-refractivity contribution in [2.24, 2.45) is 5.92 Å². The quantitative estimate of drug-likeness (QED) is 0.787. The van der Waals surface area contributed by atoms with Gasteiger partial charge in [-0.1, -0.05) is 12.1 Å². The first-order valence-corrected chi connectivity index (χ1v) is 9.54. The fraction of sp³-hybridized carbons (Fsp3) is 0.600. The third kappa shape index (κ3) is 5.54. The highest BCUT2D eigenvalue weighted by Crippen LogP contribution is 2.19. The number of aromatic amines is 1. The molecular weight excluding hydrogens is 326 g/mol. The fourth-order valence-electron chi connectivity index (χ4n) is 3.79. The van der Waals surface area contributed by atoms with E-state index in [4.69, 9.17) is 4.74 Å². The van der Waals surface area contributed by atoms with Gasteiger partial charge in [-0.3, -0.25) is 10.00 Å². The number of rotatable bonds is 8. The van der Waals surface area contributed by atoms with E-state index in [0.29, 0.717) is 0 Å². The molecule has 1 unspecified atom stereocenters. The minimum Gasteiger partial charge on any atom is -0.497 e. The van der Waals surface area contributed by atoms with Crippen LogP contribution < -0.4 is 4.74 Å². The second-order valence-corrected chi connectivity index (χ2v) is 7.44. The third-order valence-corrected chi connectivity index (χ3v) is 5.10. The molecule has 0 radical (unpaired) electrons. The van der Waals surface area contributed by atoms with E-state index in [0.717, 1.165) is 49.4 Å². The van der Waals surface area contributed by atoms with Gasteiger partial charge in [0, 0.05) is 19.6 Å². The molecule has 1 aliphatic rings. The summed E-state index contributed by atoms with van der Waals surface area (Å²) in [4.78, 5) is 9.37. The lowest BCUT2D eigenvalue weighted by Gasteiger charge is -2.34. The summed E-state index contributed by atoms with van der Waals surface area (Å²) in [6.07, 6.45) is 3.71. The highest BCUT2D eigenvalue weighted by atomic mass is 16.5. The molecule has 1 N–H and O–H groups in total. The molecule has 0 bridgehead atoms. The fourth-order valence-corrected chi connectivity index (χ4v) is 3.79. The van der Waals surface area contributed by atoms with Crippen molar-refractivity contribution in [3.05, 3.63) is 41.5 Å². The molecule has 0 spiro atoms. The van der Waals surface area contributed by atoms with Crippen LogP contribution in [-0.2, 0) is 13.0 Å². The number of aryl methyl sites for hydroxylation is 1. The van der Waals surface area contributed by atoms with E-state index in [1.165, 1.54) is 31.5 Å². The minimum absolute atomic E-state index is 0.727. The van der Waals surface area contributed by atoms with Crippen molar-refractivity contribution < 1.29 is 4.74 Å². The first-order valence-electron chi connectivity index (χ1n) is 9.54. The van der Waals surface area contributed by atoms with Crippen molar-refractivity contribution >= 4 is 0 Å². The van der Waals surface area contributed by atoms with Crippen molar-refractivity contribution in [1.29, 1.82) is 0 Å². The summed E-state index contributed by atoms with van der Waals surface area (Å²) in [6.45, 7) is 7.40. The maximum Gasteiger partial charge on any atom is 0.164 e. The van der Waals surface area contributed by atoms with Gasteiger partial charge in [0.2, 0.25) is 0 Å². The molecule has 0 saturated carbocycles. The Morgan fingerprint density at radius 1 is 1.31 bits per heavy atom. The number of H-pyrrole nitrogens is 1. The molecule has 6 heteroatoms. The van der Waals surface area contributed by atoms with Gasteiger partial charge in [0.15, 0.2) is 5.82 Å². The Bertz CT molecular complexity index is 669. The number of piperidine rings is 1. The maximum absolute atomic E-state index is 5.23. The molecule has 1 aliphatic heterocycles. The van der Waals surface area contributed by atoms with Crippen LogP contribution in [0.15, 0.2) is 24.3 Å². The maximum atomic E-state index is 5.23. The average molecular weight is 358 g/mol. The van der Waals surface area contributed by atoms with Crippen molar-refractivity contribution in [3.63, 3.8) is 0 Å². The van der Waals surface area contributed by atoms with Crippen LogP contribution in [0.1, 0.15) is 30.1 Å². The van der Waals surface area contributed by atoms with Gasteiger partial charge in [-0.05, 0) is 63.4 Å². The summed E-state index contributed by atoms with van der Waals surface area (Å²) in [5.41, 5.74) is 1.38. The largest absolute Gasteiger partial charge is 0.497 e. The van der Waals surface area contributed by atoms with Crippen LogP contribution in [-0.4, -0.2) is 65.3 Å². The van der Waals surface area contributed by atoms with E-state index in [1.54, 1.807) is 7.11 Å². The van der Waals surface area contributed by atoms with Gasteiger partial charge in [-0.15, -0.1) is 0 Å². The molecule has 1 fully saturated rings. The summed E-state index contributed by atoms with van der Waals surface area (Å²) in [7, 11) is 3.88. The Hall–Kier alpha value is -1.92. The Labute approximate surface area is 156 Å². The summed E-state index contributed by atoms with van der Waals surface area (Å²) in [5.74, 6) is 3.43. The first-order chi connectivity index (χ1) is 12.6. The molecule has 26 heavy (non-hydrogen) atoms. The van der Waals surface area contributed by atoms with Crippen LogP contribution in [0.5, 0.6) is 5.75 Å². The van der Waals surface area contributed by atoms with E-state index in [9.17, 15) is 0 Å². The van der Waals surface area contributed by atoms with Crippen molar-refractivity contribution in [3.8, 4) is 5.75 Å². The van der Waals surface area contributed by atoms with Gasteiger partial charge >= 0.3 is 0 Å². The van der Waals surface area contributed by atoms with Gasteiger partial charge in [0.25, 0.3) is 0 Å². The number of nitrogens with zero attached hydrogens (tertiary/aromatic N) is 4. The molecule has 142 valence electrons. The zero-order valence-electron chi connectivity index (χ0n) is 16.2. The number of nitrogens with one attached hydrogen (secondary N) is 1. The zero-order valence-corrected chi connectivity index (χ0v) is 16.2. The topological polar surface area (TPSA) is 57.3 Å². The van der Waals surface area contributed by atoms with E-state index < -0.39 is 0 Å². The van der Waals surface area contributed by atoms with Crippen LogP contribution in [0.25, 0.3) is 0 Å². The summed E-state index contributed by atoms with van der Waals surface area (Å²) < 4.78 is 5.23. The smallest absolute Gasteiger partial charge is 0.164 e. The van der Waals surface area contributed by atoms with Gasteiger partial charge in [0.05, 0.1) is 13.7 Å². The number of hydrogen-bond donors (Lipinski definition) is 1. The van der Waals surface area contributed by atoms with Crippen LogP contribution in [0, 0.1) is 12.8 Å². The van der Waals surface area contributed by atoms with Gasteiger partial charge in [-0.25, -0.2) is 4.98 Å². The molecule has 1 aromatic heterocycles. The van der Waals surface area contributed by atoms with Crippen LogP contribution >= 0.6 is 0 Å². The molecule has 2 aromatic rings. The van der Waals surface area contributed by atoms with Crippen LogP contribution in [0.2, 0.25) is 0 Å². The Morgan fingerprint density at radius 2 is 2.12 bits per heavy atom. The molecule has 2 heterocycles. The van der Waals surface area contributed by atoms with Crippen molar-refractivity contribution in [2.75, 3.05) is 40.3 Å². The number of benzene rings is 1. The van der Waals surface area contributed by atoms with E-state index >= 15 is 0 Å². The molecule has 0 aliphatic carbocycles. The standard InChI is InChI=1S/C20H31N5O/c1-16-21-20(23-22-16)15-24(2)13-18-5-4-11-25(14-18)12-10-17-6-8-19(26-3)9-7-17/h6-9,18H,4-5,10-15H2,1-3H3,(H,21,22,23). The molecule has 6 nitrogen and oxygen atoms in total. The second kappa shape index (κ2) is 9.14. The predicted octanol–water partition coefficient (Wildman–Crippen LogP) is 2.51. The van der Waals surface area contributed by atoms with Crippen molar-refractivity contribution in [2.45, 2.75) is 32.7 Å². The second-order valence-electron chi connectivity index (χ2n) is 7.44.